The smallest absolute Gasteiger partial charge is 0.339 e. The van der Waals surface area contributed by atoms with Gasteiger partial charge in [-0.25, -0.2) is 4.79 Å². The van der Waals surface area contributed by atoms with E-state index in [1.54, 1.807) is 18.2 Å². The van der Waals surface area contributed by atoms with Crippen molar-refractivity contribution in [3.05, 3.63) is 41.7 Å². The van der Waals surface area contributed by atoms with E-state index in [1.807, 2.05) is 0 Å². The van der Waals surface area contributed by atoms with Gasteiger partial charge in [0.25, 0.3) is 5.95 Å². The molecule has 3 rings (SSSR count). The van der Waals surface area contributed by atoms with Crippen LogP contribution in [0.3, 0.4) is 0 Å². The minimum Gasteiger partial charge on any atom is -0.507 e. The summed E-state index contributed by atoms with van der Waals surface area (Å²) in [6.07, 6.45) is 1.36. The molecule has 10 heteroatoms. The monoisotopic (exact) mass is 314 g/mol. The van der Waals surface area contributed by atoms with E-state index >= 15 is 0 Å². The Balaban J connectivity index is 1.87. The Morgan fingerprint density at radius 3 is 2.87 bits per heavy atom. The van der Waals surface area contributed by atoms with Crippen molar-refractivity contribution in [2.24, 2.45) is 5.10 Å². The molecule has 2 heterocycles. The number of hydrogen-bond acceptors (Lipinski definition) is 8. The summed E-state index contributed by atoms with van der Waals surface area (Å²) in [7, 11) is 0. The fraction of sp³-hybridized carbons (Fsp3) is 0. The van der Waals surface area contributed by atoms with Crippen LogP contribution in [-0.2, 0) is 0 Å². The lowest BCUT2D eigenvalue weighted by Crippen LogP contribution is -1.99. The predicted molar refractivity (Wildman–Crippen MR) is 78.0 cm³/mol. The molecule has 0 aliphatic carbocycles. The van der Waals surface area contributed by atoms with Crippen molar-refractivity contribution in [1.29, 1.82) is 0 Å². The molecular weight excluding hydrogens is 304 g/mol. The second-order valence-corrected chi connectivity index (χ2v) is 4.41. The molecule has 4 N–H and O–H groups in total. The van der Waals surface area contributed by atoms with Gasteiger partial charge >= 0.3 is 5.97 Å². The molecule has 0 atom stereocenters. The van der Waals surface area contributed by atoms with Crippen molar-refractivity contribution < 1.29 is 19.4 Å². The van der Waals surface area contributed by atoms with Gasteiger partial charge in [-0.2, -0.15) is 5.10 Å². The first-order chi connectivity index (χ1) is 11.0. The Bertz CT molecular complexity index is 898. The van der Waals surface area contributed by atoms with Crippen molar-refractivity contribution in [2.45, 2.75) is 0 Å². The Kier molecular flexibility index (Phi) is 3.47. The number of tetrazole rings is 1. The molecule has 0 saturated carbocycles. The van der Waals surface area contributed by atoms with E-state index in [9.17, 15) is 9.90 Å². The topological polar surface area (TPSA) is 153 Å². The molecule has 0 amide bonds. The number of benzene rings is 1. The number of carbonyl (C=O) groups is 1. The Hall–Kier alpha value is -3.69. The maximum atomic E-state index is 11.0. The fourth-order valence-corrected chi connectivity index (χ4v) is 1.82. The van der Waals surface area contributed by atoms with Gasteiger partial charge in [-0.05, 0) is 40.8 Å². The highest BCUT2D eigenvalue weighted by atomic mass is 16.4. The molecule has 0 fully saturated rings. The standard InChI is InChI=1S/C13H10N6O4/c14-13-16-17-18-19(13)15-6-8-2-4-11(23-8)7-1-3-10(20)9(5-7)12(21)22/h1-6,20H,(H,21,22)(H2,14,16,18). The highest BCUT2D eigenvalue weighted by molar-refractivity contribution is 5.92. The molecule has 0 saturated heterocycles. The van der Waals surface area contributed by atoms with Crippen LogP contribution in [0.25, 0.3) is 11.3 Å². The molecule has 0 aliphatic heterocycles. The predicted octanol–water partition coefficient (Wildman–Crippen LogP) is 0.801. The molecule has 0 bridgehead atoms. The Morgan fingerprint density at radius 1 is 1.35 bits per heavy atom. The third-order valence-electron chi connectivity index (χ3n) is 2.91. The van der Waals surface area contributed by atoms with Crippen LogP contribution in [0.4, 0.5) is 5.95 Å². The van der Waals surface area contributed by atoms with Crippen molar-refractivity contribution in [1.82, 2.24) is 20.3 Å². The molecule has 10 nitrogen and oxygen atoms in total. The lowest BCUT2D eigenvalue weighted by molar-refractivity contribution is 0.0694. The van der Waals surface area contributed by atoms with Gasteiger partial charge in [0.2, 0.25) is 0 Å². The van der Waals surface area contributed by atoms with Crippen LogP contribution in [0, 0.1) is 0 Å². The number of carboxylic acid groups (broad SMARTS) is 1. The van der Waals surface area contributed by atoms with E-state index in [2.05, 4.69) is 20.6 Å². The van der Waals surface area contributed by atoms with Crippen LogP contribution in [0.15, 0.2) is 39.9 Å². The minimum absolute atomic E-state index is 0.0256. The molecule has 1 aromatic carbocycles. The largest absolute Gasteiger partial charge is 0.507 e. The second-order valence-electron chi connectivity index (χ2n) is 4.41. The second kappa shape index (κ2) is 5.60. The van der Waals surface area contributed by atoms with E-state index in [-0.39, 0.29) is 17.3 Å². The zero-order chi connectivity index (χ0) is 16.4. The number of aromatic nitrogens is 4. The maximum absolute atomic E-state index is 11.0. The summed E-state index contributed by atoms with van der Waals surface area (Å²) in [5.41, 5.74) is 5.75. The third-order valence-corrected chi connectivity index (χ3v) is 2.91. The van der Waals surface area contributed by atoms with Crippen LogP contribution in [0.1, 0.15) is 16.1 Å². The van der Waals surface area contributed by atoms with Crippen molar-refractivity contribution in [3.8, 4) is 17.1 Å². The zero-order valence-corrected chi connectivity index (χ0v) is 11.5. The summed E-state index contributed by atoms with van der Waals surface area (Å²) in [5.74, 6) is -0.716. The number of phenols is 1. The van der Waals surface area contributed by atoms with E-state index in [0.717, 1.165) is 4.79 Å². The summed E-state index contributed by atoms with van der Waals surface area (Å²) in [4.78, 5) is 12.1. The van der Waals surface area contributed by atoms with Crippen LogP contribution in [0.5, 0.6) is 5.75 Å². The highest BCUT2D eigenvalue weighted by Crippen LogP contribution is 2.27. The molecule has 116 valence electrons. The number of nitrogens with zero attached hydrogens (tertiary/aromatic N) is 5. The number of aromatic carboxylic acids is 1. The Labute approximate surface area is 128 Å². The van der Waals surface area contributed by atoms with Gasteiger partial charge in [-0.3, -0.25) is 0 Å². The van der Waals surface area contributed by atoms with Crippen LogP contribution < -0.4 is 5.73 Å². The molecule has 23 heavy (non-hydrogen) atoms. The Morgan fingerprint density at radius 2 is 2.17 bits per heavy atom. The summed E-state index contributed by atoms with van der Waals surface area (Å²) < 4.78 is 5.54. The summed E-state index contributed by atoms with van der Waals surface area (Å²) in [6, 6.07) is 7.42. The van der Waals surface area contributed by atoms with Gasteiger partial charge in [0, 0.05) is 5.56 Å². The average molecular weight is 314 g/mol. The van der Waals surface area contributed by atoms with Gasteiger partial charge in [-0.15, -0.1) is 0 Å². The minimum atomic E-state index is -1.23. The zero-order valence-electron chi connectivity index (χ0n) is 11.5. The number of anilines is 1. The maximum Gasteiger partial charge on any atom is 0.339 e. The van der Waals surface area contributed by atoms with E-state index in [1.165, 1.54) is 18.3 Å². The number of rotatable bonds is 4. The van der Waals surface area contributed by atoms with Crippen LogP contribution in [0.2, 0.25) is 0 Å². The first kappa shape index (κ1) is 14.3. The van der Waals surface area contributed by atoms with Gasteiger partial charge < -0.3 is 20.4 Å². The molecule has 0 radical (unpaired) electrons. The first-order valence-electron chi connectivity index (χ1n) is 6.29. The molecule has 0 aliphatic rings. The number of aromatic hydroxyl groups is 1. The molecular formula is C13H10N6O4. The van der Waals surface area contributed by atoms with Crippen molar-refractivity contribution in [2.75, 3.05) is 5.73 Å². The summed E-state index contributed by atoms with van der Waals surface area (Å²) in [5, 5.41) is 32.8. The van der Waals surface area contributed by atoms with Crippen LogP contribution >= 0.6 is 0 Å². The van der Waals surface area contributed by atoms with Crippen molar-refractivity contribution >= 4 is 18.1 Å². The molecule has 0 spiro atoms. The number of nitrogens with two attached hydrogens (primary N) is 1. The number of hydrogen-bond donors (Lipinski definition) is 3. The van der Waals surface area contributed by atoms with Gasteiger partial charge in [-0.1, -0.05) is 9.89 Å². The quantitative estimate of drug-likeness (QED) is 0.598. The third kappa shape index (κ3) is 2.85. The van der Waals surface area contributed by atoms with Crippen LogP contribution in [-0.4, -0.2) is 42.7 Å². The number of nitrogen functional groups attached to an aromatic ring is 1. The summed E-state index contributed by atoms with van der Waals surface area (Å²) in [6.45, 7) is 0. The number of carboxylic acids is 1. The highest BCUT2D eigenvalue weighted by Gasteiger charge is 2.12. The van der Waals surface area contributed by atoms with Gasteiger partial charge in [0.05, 0.1) is 6.21 Å². The molecule has 2 aromatic heterocycles. The molecule has 0 unspecified atom stereocenters. The average Bonchev–Trinajstić information content (AvgIpc) is 3.14. The van der Waals surface area contributed by atoms with E-state index in [0.29, 0.717) is 17.1 Å². The van der Waals surface area contributed by atoms with E-state index < -0.39 is 5.97 Å². The first-order valence-corrected chi connectivity index (χ1v) is 6.29. The number of furan rings is 1. The lowest BCUT2D eigenvalue weighted by Gasteiger charge is -2.02. The normalized spacial score (nSPS) is 11.1. The fourth-order valence-electron chi connectivity index (χ4n) is 1.82. The van der Waals surface area contributed by atoms with E-state index in [4.69, 9.17) is 15.3 Å². The SMILES string of the molecule is Nc1nnnn1N=Cc1ccc(-c2ccc(O)c(C(=O)O)c2)o1. The lowest BCUT2D eigenvalue weighted by atomic mass is 10.1. The molecule has 3 aromatic rings. The van der Waals surface area contributed by atoms with Gasteiger partial charge in [0.1, 0.15) is 22.8 Å². The van der Waals surface area contributed by atoms with Gasteiger partial charge in [0.15, 0.2) is 0 Å². The summed E-state index contributed by atoms with van der Waals surface area (Å²) >= 11 is 0. The van der Waals surface area contributed by atoms with Crippen molar-refractivity contribution in [3.63, 3.8) is 0 Å².